The average molecular weight is 433 g/mol. The normalized spacial score (nSPS) is 11.9. The zero-order chi connectivity index (χ0) is 20.2. The maximum absolute atomic E-state index is 12.5. The predicted molar refractivity (Wildman–Crippen MR) is 103 cm³/mol. The van der Waals surface area contributed by atoms with E-state index in [1.165, 1.54) is 24.3 Å². The standard InChI is InChI=1S/C16H17ClN2O6S2/c17-7-8-26(21,22)10-11-3-1-2-4-13(11)16(20)19-12-5-6-15(14(18)9-12)27(23,24)25/h1-6,9H,7-8,10,18H2,(H,19,20)(H,23,24,25). The van der Waals surface area contributed by atoms with Crippen molar-refractivity contribution in [1.29, 1.82) is 0 Å². The molecule has 0 bridgehead atoms. The van der Waals surface area contributed by atoms with Crippen molar-refractivity contribution in [3.8, 4) is 0 Å². The van der Waals surface area contributed by atoms with E-state index in [4.69, 9.17) is 21.9 Å². The number of rotatable bonds is 7. The highest BCUT2D eigenvalue weighted by Gasteiger charge is 2.19. The highest BCUT2D eigenvalue weighted by atomic mass is 35.5. The first-order chi connectivity index (χ1) is 12.5. The number of halogens is 1. The molecular formula is C16H17ClN2O6S2. The van der Waals surface area contributed by atoms with Gasteiger partial charge in [0.1, 0.15) is 4.90 Å². The molecule has 1 amide bonds. The van der Waals surface area contributed by atoms with Crippen molar-refractivity contribution in [1.82, 2.24) is 0 Å². The first-order valence-corrected chi connectivity index (χ1v) is 11.4. The third kappa shape index (κ3) is 5.67. The van der Waals surface area contributed by atoms with Crippen molar-refractivity contribution in [3.05, 3.63) is 53.6 Å². The largest absolute Gasteiger partial charge is 0.398 e. The number of carbonyl (C=O) groups excluding carboxylic acids is 1. The number of hydrogen-bond acceptors (Lipinski definition) is 6. The van der Waals surface area contributed by atoms with Crippen LogP contribution in [0.3, 0.4) is 0 Å². The van der Waals surface area contributed by atoms with E-state index in [-0.39, 0.29) is 34.3 Å². The van der Waals surface area contributed by atoms with Gasteiger partial charge in [-0.15, -0.1) is 11.6 Å². The summed E-state index contributed by atoms with van der Waals surface area (Å²) < 4.78 is 55.4. The molecule has 146 valence electrons. The molecule has 0 heterocycles. The van der Waals surface area contributed by atoms with Crippen LogP contribution in [0.25, 0.3) is 0 Å². The molecule has 0 fully saturated rings. The fourth-order valence-corrected chi connectivity index (χ4v) is 4.76. The van der Waals surface area contributed by atoms with Gasteiger partial charge in [0.2, 0.25) is 0 Å². The Hall–Kier alpha value is -2.14. The first kappa shape index (κ1) is 21.2. The Morgan fingerprint density at radius 2 is 1.78 bits per heavy atom. The number of hydrogen-bond donors (Lipinski definition) is 3. The van der Waals surface area contributed by atoms with Crippen molar-refractivity contribution >= 4 is 48.8 Å². The van der Waals surface area contributed by atoms with E-state index in [1.54, 1.807) is 12.1 Å². The Bertz CT molecular complexity index is 1070. The van der Waals surface area contributed by atoms with Gasteiger partial charge in [0.25, 0.3) is 16.0 Å². The van der Waals surface area contributed by atoms with Crippen LogP contribution in [0.1, 0.15) is 15.9 Å². The summed E-state index contributed by atoms with van der Waals surface area (Å²) in [4.78, 5) is 12.1. The molecule has 0 aromatic heterocycles. The Kier molecular flexibility index (Phi) is 6.47. The molecule has 0 saturated heterocycles. The maximum Gasteiger partial charge on any atom is 0.296 e. The van der Waals surface area contributed by atoms with Gasteiger partial charge in [0.05, 0.1) is 17.2 Å². The SMILES string of the molecule is Nc1cc(NC(=O)c2ccccc2CS(=O)(=O)CCCl)ccc1S(=O)(=O)O. The zero-order valence-corrected chi connectivity index (χ0v) is 16.3. The lowest BCUT2D eigenvalue weighted by Crippen LogP contribution is -2.17. The van der Waals surface area contributed by atoms with Gasteiger partial charge in [-0.1, -0.05) is 18.2 Å². The fraction of sp³-hybridized carbons (Fsp3) is 0.188. The van der Waals surface area contributed by atoms with Crippen LogP contribution in [0.2, 0.25) is 0 Å². The summed E-state index contributed by atoms with van der Waals surface area (Å²) in [6.07, 6.45) is 0. The number of nitrogens with two attached hydrogens (primary N) is 1. The number of amides is 1. The predicted octanol–water partition coefficient (Wildman–Crippen LogP) is 1.92. The molecule has 0 atom stereocenters. The monoisotopic (exact) mass is 432 g/mol. The molecule has 2 aromatic rings. The van der Waals surface area contributed by atoms with E-state index in [9.17, 15) is 21.6 Å². The highest BCUT2D eigenvalue weighted by Crippen LogP contribution is 2.23. The molecule has 8 nitrogen and oxygen atoms in total. The molecule has 11 heteroatoms. The second-order valence-electron chi connectivity index (χ2n) is 5.62. The lowest BCUT2D eigenvalue weighted by Gasteiger charge is -2.11. The maximum atomic E-state index is 12.5. The summed E-state index contributed by atoms with van der Waals surface area (Å²) in [6, 6.07) is 9.67. The number of anilines is 2. The van der Waals surface area contributed by atoms with Gasteiger partial charge in [0.15, 0.2) is 9.84 Å². The number of carbonyl (C=O) groups is 1. The van der Waals surface area contributed by atoms with Crippen molar-refractivity contribution in [2.75, 3.05) is 22.7 Å². The van der Waals surface area contributed by atoms with Crippen molar-refractivity contribution in [2.24, 2.45) is 0 Å². The summed E-state index contributed by atoms with van der Waals surface area (Å²) in [5.74, 6) is -1.19. The molecule has 0 unspecified atom stereocenters. The van der Waals surface area contributed by atoms with Crippen LogP contribution in [-0.2, 0) is 25.7 Å². The quantitative estimate of drug-likeness (QED) is 0.344. The summed E-state index contributed by atoms with van der Waals surface area (Å²) in [5.41, 5.74) is 5.98. The van der Waals surface area contributed by atoms with E-state index in [0.29, 0.717) is 5.56 Å². The van der Waals surface area contributed by atoms with Crippen LogP contribution < -0.4 is 11.1 Å². The molecule has 27 heavy (non-hydrogen) atoms. The summed E-state index contributed by atoms with van der Waals surface area (Å²) in [5, 5.41) is 2.52. The number of sulfone groups is 1. The van der Waals surface area contributed by atoms with Crippen LogP contribution in [0.4, 0.5) is 11.4 Å². The van der Waals surface area contributed by atoms with Gasteiger partial charge in [0, 0.05) is 17.1 Å². The molecule has 4 N–H and O–H groups in total. The Balaban J connectivity index is 2.28. The topological polar surface area (TPSA) is 144 Å². The third-order valence-corrected chi connectivity index (χ3v) is 6.49. The van der Waals surface area contributed by atoms with Crippen LogP contribution in [0.15, 0.2) is 47.4 Å². The summed E-state index contributed by atoms with van der Waals surface area (Å²) >= 11 is 5.49. The lowest BCUT2D eigenvalue weighted by molar-refractivity contribution is 0.102. The van der Waals surface area contributed by atoms with Crippen LogP contribution in [0.5, 0.6) is 0 Å². The summed E-state index contributed by atoms with van der Waals surface area (Å²) in [7, 11) is -7.95. The van der Waals surface area contributed by atoms with Gasteiger partial charge in [-0.25, -0.2) is 8.42 Å². The van der Waals surface area contributed by atoms with Crippen LogP contribution >= 0.6 is 11.6 Å². The van der Waals surface area contributed by atoms with Crippen molar-refractivity contribution in [2.45, 2.75) is 10.6 Å². The molecular weight excluding hydrogens is 416 g/mol. The van der Waals surface area contributed by atoms with E-state index < -0.39 is 30.8 Å². The van der Waals surface area contributed by atoms with E-state index in [1.807, 2.05) is 0 Å². The van der Waals surface area contributed by atoms with Crippen LogP contribution in [0, 0.1) is 0 Å². The first-order valence-electron chi connectivity index (χ1n) is 7.56. The molecule has 0 aliphatic carbocycles. The van der Waals surface area contributed by atoms with Gasteiger partial charge in [-0.3, -0.25) is 9.35 Å². The molecule has 0 saturated carbocycles. The van der Waals surface area contributed by atoms with E-state index in [0.717, 1.165) is 6.07 Å². The second kappa shape index (κ2) is 8.26. The molecule has 0 aliphatic heterocycles. The molecule has 0 aliphatic rings. The number of nitrogen functional groups attached to an aromatic ring is 1. The fourth-order valence-electron chi connectivity index (χ4n) is 2.35. The highest BCUT2D eigenvalue weighted by molar-refractivity contribution is 7.90. The van der Waals surface area contributed by atoms with Crippen LogP contribution in [-0.4, -0.2) is 38.9 Å². The van der Waals surface area contributed by atoms with Gasteiger partial charge < -0.3 is 11.1 Å². The Labute approximate surface area is 162 Å². The number of benzene rings is 2. The average Bonchev–Trinajstić information content (AvgIpc) is 2.53. The van der Waals surface area contributed by atoms with Crippen molar-refractivity contribution in [3.63, 3.8) is 0 Å². The van der Waals surface area contributed by atoms with E-state index in [2.05, 4.69) is 5.32 Å². The number of nitrogens with one attached hydrogen (secondary N) is 1. The minimum atomic E-state index is -4.48. The minimum Gasteiger partial charge on any atom is -0.398 e. The molecule has 2 rings (SSSR count). The Morgan fingerprint density at radius 3 is 2.37 bits per heavy atom. The smallest absolute Gasteiger partial charge is 0.296 e. The van der Waals surface area contributed by atoms with Gasteiger partial charge in [-0.05, 0) is 29.8 Å². The zero-order valence-electron chi connectivity index (χ0n) is 13.9. The lowest BCUT2D eigenvalue weighted by atomic mass is 10.1. The number of alkyl halides is 1. The third-order valence-electron chi connectivity index (χ3n) is 3.57. The molecule has 0 radical (unpaired) electrons. The minimum absolute atomic E-state index is 0.0455. The molecule has 2 aromatic carbocycles. The van der Waals surface area contributed by atoms with Gasteiger partial charge in [-0.2, -0.15) is 8.42 Å². The van der Waals surface area contributed by atoms with E-state index >= 15 is 0 Å². The second-order valence-corrected chi connectivity index (χ2v) is 9.57. The molecule has 0 spiro atoms. The summed E-state index contributed by atoms with van der Waals surface area (Å²) in [6.45, 7) is 0. The van der Waals surface area contributed by atoms with Gasteiger partial charge >= 0.3 is 0 Å². The Morgan fingerprint density at radius 1 is 1.11 bits per heavy atom. The van der Waals surface area contributed by atoms with Crippen molar-refractivity contribution < 1.29 is 26.2 Å².